The molecule has 1 aromatic heterocycles. The summed E-state index contributed by atoms with van der Waals surface area (Å²) in [5, 5.41) is 11.5. The van der Waals surface area contributed by atoms with E-state index in [0.29, 0.717) is 0 Å². The first kappa shape index (κ1) is 8.97. The largest absolute Gasteiger partial charge is 0.576 e. The summed E-state index contributed by atoms with van der Waals surface area (Å²) in [7, 11) is 1.27. The minimum absolute atomic E-state index is 0. The van der Waals surface area contributed by atoms with E-state index in [1.54, 1.807) is 0 Å². The van der Waals surface area contributed by atoms with E-state index in [0.717, 1.165) is 11.3 Å². The van der Waals surface area contributed by atoms with Gasteiger partial charge in [0, 0.05) is 0 Å². The van der Waals surface area contributed by atoms with Crippen LogP contribution in [0.3, 0.4) is 0 Å². The number of ether oxygens (including phenoxy) is 1. The molecule has 0 unspecified atom stereocenters. The Hall–Kier alpha value is -2.03. The standard InChI is InChI=1S/C6H5O3S.Rf/c1-9-6(8)5-4(7)2-3-10-5;/h2,7H,1H3;/q-1;. The maximum atomic E-state index is 10.7. The first-order chi connectivity index (χ1) is 4.75. The van der Waals surface area contributed by atoms with Crippen LogP contribution in [0.25, 0.3) is 0 Å². The summed E-state index contributed by atoms with van der Waals surface area (Å²) in [6, 6.07) is 1.33. The molecule has 1 N–H and O–H groups in total. The molecular weight excluding hydrogens is 419 g/mol. The number of rotatable bonds is 1. The molecule has 0 saturated heterocycles. The Morgan fingerprint density at radius 3 is 2.82 bits per heavy atom. The Bertz CT molecular complexity index is 246. The van der Waals surface area contributed by atoms with Gasteiger partial charge in [-0.05, 0) is 10.6 Å². The molecule has 0 aliphatic rings. The molecule has 0 spiro atoms. The van der Waals surface area contributed by atoms with Gasteiger partial charge in [0.25, 0.3) is 5.97 Å². The molecule has 0 bridgehead atoms. The van der Waals surface area contributed by atoms with E-state index in [1.165, 1.54) is 13.2 Å². The monoisotopic (exact) mass is 424 g/mol. The van der Waals surface area contributed by atoms with E-state index in [1.807, 2.05) is 0 Å². The Balaban J connectivity index is 0.000001000. The van der Waals surface area contributed by atoms with Crippen LogP contribution < -0.4 is 0 Å². The van der Waals surface area contributed by atoms with Gasteiger partial charge in [0.05, 0.1) is 7.11 Å². The van der Waals surface area contributed by atoms with Crippen LogP contribution in [0.5, 0.6) is 5.75 Å². The van der Waals surface area contributed by atoms with Gasteiger partial charge in [-0.3, -0.25) is 16.1 Å². The average Bonchev–Trinajstić information content (AvgIpc) is 2.34. The number of carbonyl (C=O) groups excluding carboxylic acids is 1. The van der Waals surface area contributed by atoms with Gasteiger partial charge in [-0.2, -0.15) is 0 Å². The van der Waals surface area contributed by atoms with E-state index >= 15 is 0 Å². The minimum atomic E-state index is -0.524. The molecule has 0 aromatic carbocycles. The van der Waals surface area contributed by atoms with Crippen molar-refractivity contribution in [1.29, 1.82) is 0 Å². The van der Waals surface area contributed by atoms with Crippen molar-refractivity contribution in [3.63, 3.8) is 0 Å². The van der Waals surface area contributed by atoms with Gasteiger partial charge >= 0.3 is 0 Å². The molecule has 1 aromatic rings. The third-order valence-electron chi connectivity index (χ3n) is 0.960. The van der Waals surface area contributed by atoms with Crippen LogP contribution in [0.1, 0.15) is 9.67 Å². The number of thiophene rings is 1. The van der Waals surface area contributed by atoms with Crippen LogP contribution >= 0.6 is 11.3 Å². The van der Waals surface area contributed by atoms with Crippen molar-refractivity contribution < 1.29 is 14.6 Å². The summed E-state index contributed by atoms with van der Waals surface area (Å²) in [5.74, 6) is -0.597. The topological polar surface area (TPSA) is 46.5 Å². The molecule has 0 aliphatic carbocycles. The smallest absolute Gasteiger partial charge is 0.282 e. The number of hydrogen-bond acceptors (Lipinski definition) is 4. The number of hydrogen-bond donors (Lipinski definition) is 1. The van der Waals surface area contributed by atoms with Crippen LogP contribution in [0.4, 0.5) is 0 Å². The zero-order chi connectivity index (χ0) is 7.56. The zero-order valence-corrected chi connectivity index (χ0v) is 13.2. The van der Waals surface area contributed by atoms with Crippen LogP contribution in [0.15, 0.2) is 6.07 Å². The number of esters is 1. The van der Waals surface area contributed by atoms with Gasteiger partial charge in [0.1, 0.15) is 0 Å². The molecule has 0 radical (unpaired) electrons. The van der Waals surface area contributed by atoms with Crippen molar-refractivity contribution in [2.24, 2.45) is 0 Å². The van der Waals surface area contributed by atoms with Gasteiger partial charge in [0.15, 0.2) is 0 Å². The van der Waals surface area contributed by atoms with E-state index in [-0.39, 0.29) is 10.6 Å². The summed E-state index contributed by atoms with van der Waals surface area (Å²) >= 11 is 1.03. The van der Waals surface area contributed by atoms with Gasteiger partial charge in [-0.1, -0.05) is 0 Å². The van der Waals surface area contributed by atoms with E-state index in [4.69, 9.17) is 5.11 Å². The van der Waals surface area contributed by atoms with E-state index in [2.05, 4.69) is 10.1 Å². The van der Waals surface area contributed by atoms with E-state index < -0.39 is 5.97 Å². The van der Waals surface area contributed by atoms with Crippen molar-refractivity contribution >= 4 is 17.3 Å². The van der Waals surface area contributed by atoms with Crippen molar-refractivity contribution in [3.05, 3.63) is 16.3 Å². The van der Waals surface area contributed by atoms with Crippen molar-refractivity contribution in [3.8, 4) is 5.75 Å². The first-order valence-electron chi connectivity index (χ1n) is 2.53. The number of aromatic hydroxyl groups is 1. The van der Waals surface area contributed by atoms with E-state index in [9.17, 15) is 4.79 Å². The van der Waals surface area contributed by atoms with Gasteiger partial charge in [-0.25, -0.2) is 0 Å². The van der Waals surface area contributed by atoms with Crippen molar-refractivity contribution in [2.45, 2.75) is 0 Å². The molecule has 0 amide bonds. The molecule has 0 aliphatic heterocycles. The maximum Gasteiger partial charge on any atom is 0.282 e. The summed E-state index contributed by atoms with van der Waals surface area (Å²) in [5.41, 5.74) is 0. The van der Waals surface area contributed by atoms with Crippen molar-refractivity contribution in [1.82, 2.24) is 0 Å². The fourth-order valence-electron chi connectivity index (χ4n) is 0.501. The second-order valence-electron chi connectivity index (χ2n) is 1.57. The Morgan fingerprint density at radius 2 is 2.45 bits per heavy atom. The van der Waals surface area contributed by atoms with Crippen LogP contribution in [-0.4, -0.2) is 18.2 Å². The molecule has 11 heavy (non-hydrogen) atoms. The Morgan fingerprint density at radius 1 is 1.82 bits per heavy atom. The van der Waals surface area contributed by atoms with Crippen LogP contribution in [0.2, 0.25) is 0 Å². The average molecular weight is 424 g/mol. The third-order valence-corrected chi connectivity index (χ3v) is 1.78. The molecule has 0 saturated carbocycles. The van der Waals surface area contributed by atoms with Crippen LogP contribution in [0, 0.1) is 5.38 Å². The summed E-state index contributed by atoms with van der Waals surface area (Å²) in [4.78, 5) is 10.9. The number of carbonyl (C=O) groups is 1. The second kappa shape index (κ2) is 3.22. The molecule has 1 heterocycles. The molecular formula is C6H5O3RfS-. The zero-order valence-electron chi connectivity index (χ0n) is 5.96. The Kier molecular flexibility index (Phi) is 2.62. The predicted molar refractivity (Wildman–Crippen MR) is 36.2 cm³/mol. The summed E-state index contributed by atoms with van der Waals surface area (Å²) in [6.45, 7) is 0. The molecule has 3 nitrogen and oxygen atoms in total. The fourth-order valence-corrected chi connectivity index (χ4v) is 1.12. The van der Waals surface area contributed by atoms with Crippen molar-refractivity contribution in [2.75, 3.05) is 7.11 Å². The van der Waals surface area contributed by atoms with Gasteiger partial charge in [-0.15, -0.1) is 11.4 Å². The maximum absolute atomic E-state index is 10.7. The SMILES string of the molecule is COC(=O)c1s[c-]cc1O.[Rf]. The third kappa shape index (κ3) is 1.46. The number of methoxy groups -OCH3 is 1. The van der Waals surface area contributed by atoms with Crippen LogP contribution in [-0.2, 0) is 4.74 Å². The second-order valence-corrected chi connectivity index (χ2v) is 2.42. The Labute approximate surface area is 61.9 Å². The first-order valence-corrected chi connectivity index (χ1v) is 3.34. The molecule has 0 atom stereocenters. The molecule has 5 heteroatoms. The predicted octanol–water partition coefficient (Wildman–Crippen LogP) is 1.04. The normalized spacial score (nSPS) is 8.45. The molecule has 0 fully saturated rings. The van der Waals surface area contributed by atoms with Gasteiger partial charge in [0.2, 0.25) is 0 Å². The summed E-state index contributed by atoms with van der Waals surface area (Å²) in [6.07, 6.45) is 0. The molecule has 1 rings (SSSR count). The van der Waals surface area contributed by atoms with Gasteiger partial charge < -0.3 is 9.84 Å². The quantitative estimate of drug-likeness (QED) is 0.542. The summed E-state index contributed by atoms with van der Waals surface area (Å²) < 4.78 is 4.37. The fraction of sp³-hybridized carbons (Fsp3) is 0.167. The molecule has 56 valence electrons. The minimum Gasteiger partial charge on any atom is -0.576 e.